The third-order valence-electron chi connectivity index (χ3n) is 12.0. The van der Waals surface area contributed by atoms with Gasteiger partial charge in [-0.3, -0.25) is 0 Å². The molecule has 12 aromatic rings. The van der Waals surface area contributed by atoms with Crippen molar-refractivity contribution in [3.8, 4) is 62.0 Å². The molecule has 4 heteroatoms. The first-order chi connectivity index (χ1) is 30.2. The van der Waals surface area contributed by atoms with E-state index in [0.717, 1.165) is 83.3 Å². The lowest BCUT2D eigenvalue weighted by atomic mass is 9.92. The Bertz CT molecular complexity index is 3570. The molecule has 0 amide bonds. The van der Waals surface area contributed by atoms with Crippen molar-refractivity contribution in [1.82, 2.24) is 19.5 Å². The fourth-order valence-corrected chi connectivity index (χ4v) is 9.14. The highest BCUT2D eigenvalue weighted by Crippen LogP contribution is 2.43. The number of benzene rings is 9. The highest BCUT2D eigenvalue weighted by molar-refractivity contribution is 6.22. The molecule has 0 radical (unpaired) electrons. The summed E-state index contributed by atoms with van der Waals surface area (Å²) in [5.74, 6) is 0.702. The minimum atomic E-state index is 0.702. The first kappa shape index (κ1) is 34.8. The SMILES string of the molecule is c1ccc(-c2cc(-c3ccc(-n4c5ccccc5c5c(-c6cccc(-c7cc8ccccc8c8ccccc78)c6)nc6ccccc6c54)cc3)nc(-c3ccccc3)n2)cc1. The number of aromatic nitrogens is 4. The molecule has 0 bridgehead atoms. The van der Waals surface area contributed by atoms with E-state index < -0.39 is 0 Å². The van der Waals surface area contributed by atoms with Gasteiger partial charge in [0.05, 0.1) is 33.6 Å². The largest absolute Gasteiger partial charge is 0.308 e. The molecule has 9 aromatic carbocycles. The highest BCUT2D eigenvalue weighted by atomic mass is 15.0. The van der Waals surface area contributed by atoms with Crippen LogP contribution in [0.4, 0.5) is 0 Å². The Hall–Kier alpha value is -8.21. The van der Waals surface area contributed by atoms with Crippen LogP contribution < -0.4 is 0 Å². The van der Waals surface area contributed by atoms with Crippen LogP contribution in [0.3, 0.4) is 0 Å². The van der Waals surface area contributed by atoms with Crippen molar-refractivity contribution in [3.63, 3.8) is 0 Å². The maximum atomic E-state index is 5.47. The van der Waals surface area contributed by atoms with Gasteiger partial charge in [0.1, 0.15) is 0 Å². The van der Waals surface area contributed by atoms with E-state index in [0.29, 0.717) is 5.82 Å². The van der Waals surface area contributed by atoms with Gasteiger partial charge in [0.25, 0.3) is 0 Å². The second-order valence-electron chi connectivity index (χ2n) is 15.6. The molecule has 4 nitrogen and oxygen atoms in total. The Labute approximate surface area is 352 Å². The summed E-state index contributed by atoms with van der Waals surface area (Å²) in [6.07, 6.45) is 0. The molecule has 0 fully saturated rings. The van der Waals surface area contributed by atoms with Crippen molar-refractivity contribution in [2.45, 2.75) is 0 Å². The molecule has 3 heterocycles. The van der Waals surface area contributed by atoms with Gasteiger partial charge in [0, 0.05) is 44.1 Å². The summed E-state index contributed by atoms with van der Waals surface area (Å²) < 4.78 is 2.41. The van der Waals surface area contributed by atoms with Crippen molar-refractivity contribution in [2.75, 3.05) is 0 Å². The van der Waals surface area contributed by atoms with E-state index >= 15 is 0 Å². The molecule has 284 valence electrons. The van der Waals surface area contributed by atoms with Gasteiger partial charge >= 0.3 is 0 Å². The average molecular weight is 777 g/mol. The molecule has 0 aliphatic carbocycles. The van der Waals surface area contributed by atoms with Crippen molar-refractivity contribution in [3.05, 3.63) is 218 Å². The van der Waals surface area contributed by atoms with Crippen LogP contribution in [-0.2, 0) is 0 Å². The summed E-state index contributed by atoms with van der Waals surface area (Å²) in [6, 6.07) is 77.4. The quantitative estimate of drug-likeness (QED) is 0.158. The summed E-state index contributed by atoms with van der Waals surface area (Å²) in [7, 11) is 0. The van der Waals surface area contributed by atoms with Gasteiger partial charge in [0.2, 0.25) is 0 Å². The molecule has 3 aromatic heterocycles. The van der Waals surface area contributed by atoms with Gasteiger partial charge in [-0.25, -0.2) is 15.0 Å². The molecule has 0 aliphatic heterocycles. The highest BCUT2D eigenvalue weighted by Gasteiger charge is 2.21. The molecule has 61 heavy (non-hydrogen) atoms. The molecular formula is C57H36N4. The lowest BCUT2D eigenvalue weighted by molar-refractivity contribution is 1.17. The number of para-hydroxylation sites is 2. The van der Waals surface area contributed by atoms with Crippen LogP contribution in [0.5, 0.6) is 0 Å². The maximum Gasteiger partial charge on any atom is 0.160 e. The Balaban J connectivity index is 1.04. The van der Waals surface area contributed by atoms with Crippen molar-refractivity contribution in [2.24, 2.45) is 0 Å². The second-order valence-corrected chi connectivity index (χ2v) is 15.6. The summed E-state index contributed by atoms with van der Waals surface area (Å²) >= 11 is 0. The van der Waals surface area contributed by atoms with E-state index in [1.807, 2.05) is 36.4 Å². The number of hydrogen-bond donors (Lipinski definition) is 0. The molecule has 0 N–H and O–H groups in total. The van der Waals surface area contributed by atoms with Crippen LogP contribution in [0.15, 0.2) is 218 Å². The summed E-state index contributed by atoms with van der Waals surface area (Å²) in [5, 5.41) is 8.40. The molecule has 0 unspecified atom stereocenters. The van der Waals surface area contributed by atoms with Crippen LogP contribution >= 0.6 is 0 Å². The fourth-order valence-electron chi connectivity index (χ4n) is 9.14. The zero-order valence-corrected chi connectivity index (χ0v) is 33.1. The summed E-state index contributed by atoms with van der Waals surface area (Å²) in [4.78, 5) is 15.6. The standard InChI is InChI=1S/C57H36N4/c1-3-16-37(17-4-1)51-36-52(60-57(59-51)39-18-5-2-6-19-39)38-30-32-43(33-31-38)61-53-29-14-12-27-48(53)54-55(58-50-28-13-11-26-47(50)56(54)61)42-22-15-21-40(34-42)49-35-41-20-7-8-23-44(41)45-24-9-10-25-46(45)49/h1-36H. The first-order valence-electron chi connectivity index (χ1n) is 20.7. The predicted molar refractivity (Wildman–Crippen MR) is 254 cm³/mol. The minimum Gasteiger partial charge on any atom is -0.308 e. The Morgan fingerprint density at radius 3 is 1.69 bits per heavy atom. The van der Waals surface area contributed by atoms with E-state index in [9.17, 15) is 0 Å². The van der Waals surface area contributed by atoms with Crippen molar-refractivity contribution >= 4 is 54.3 Å². The van der Waals surface area contributed by atoms with Crippen LogP contribution in [0.2, 0.25) is 0 Å². The third-order valence-corrected chi connectivity index (χ3v) is 12.0. The predicted octanol–water partition coefficient (Wildman–Crippen LogP) is 14.8. The molecule has 0 spiro atoms. The normalized spacial score (nSPS) is 11.6. The van der Waals surface area contributed by atoms with E-state index in [1.165, 1.54) is 27.1 Å². The Kier molecular flexibility index (Phi) is 8.13. The number of pyridine rings is 1. The number of rotatable bonds is 6. The Morgan fingerprint density at radius 1 is 0.344 bits per heavy atom. The fraction of sp³-hybridized carbons (Fsp3) is 0. The van der Waals surface area contributed by atoms with Gasteiger partial charge in [-0.05, 0) is 75.1 Å². The van der Waals surface area contributed by atoms with Gasteiger partial charge in [-0.15, -0.1) is 0 Å². The monoisotopic (exact) mass is 776 g/mol. The van der Waals surface area contributed by atoms with Gasteiger partial charge < -0.3 is 4.57 Å². The number of nitrogens with zero attached hydrogens (tertiary/aromatic N) is 4. The van der Waals surface area contributed by atoms with Crippen LogP contribution in [0.1, 0.15) is 0 Å². The third kappa shape index (κ3) is 5.88. The molecular weight excluding hydrogens is 741 g/mol. The minimum absolute atomic E-state index is 0.702. The van der Waals surface area contributed by atoms with Crippen LogP contribution in [0, 0.1) is 0 Å². The van der Waals surface area contributed by atoms with Crippen molar-refractivity contribution in [1.29, 1.82) is 0 Å². The lowest BCUT2D eigenvalue weighted by Gasteiger charge is -2.14. The molecule has 0 aliphatic rings. The van der Waals surface area contributed by atoms with Gasteiger partial charge in [-0.2, -0.15) is 0 Å². The van der Waals surface area contributed by atoms with E-state index in [1.54, 1.807) is 0 Å². The van der Waals surface area contributed by atoms with Gasteiger partial charge in [-0.1, -0.05) is 176 Å². The second kappa shape index (κ2) is 14.3. The lowest BCUT2D eigenvalue weighted by Crippen LogP contribution is -1.98. The van der Waals surface area contributed by atoms with Gasteiger partial charge in [0.15, 0.2) is 5.82 Å². The Morgan fingerprint density at radius 2 is 0.918 bits per heavy atom. The van der Waals surface area contributed by atoms with E-state index in [2.05, 4.69) is 187 Å². The van der Waals surface area contributed by atoms with Crippen LogP contribution in [0.25, 0.3) is 116 Å². The van der Waals surface area contributed by atoms with Crippen molar-refractivity contribution < 1.29 is 0 Å². The van der Waals surface area contributed by atoms with E-state index in [4.69, 9.17) is 15.0 Å². The van der Waals surface area contributed by atoms with E-state index in [-0.39, 0.29) is 0 Å². The zero-order chi connectivity index (χ0) is 40.3. The molecule has 0 saturated heterocycles. The number of hydrogen-bond acceptors (Lipinski definition) is 3. The smallest absolute Gasteiger partial charge is 0.160 e. The molecule has 0 atom stereocenters. The molecule has 0 saturated carbocycles. The zero-order valence-electron chi connectivity index (χ0n) is 33.1. The topological polar surface area (TPSA) is 43.6 Å². The molecule has 12 rings (SSSR count). The first-order valence-corrected chi connectivity index (χ1v) is 20.7. The summed E-state index contributed by atoms with van der Waals surface area (Å²) in [6.45, 7) is 0. The number of fused-ring (bicyclic) bond motifs is 8. The van der Waals surface area contributed by atoms with Crippen LogP contribution in [-0.4, -0.2) is 19.5 Å². The summed E-state index contributed by atoms with van der Waals surface area (Å²) in [5.41, 5.74) is 13.5. The average Bonchev–Trinajstić information content (AvgIpc) is 3.69. The maximum absolute atomic E-state index is 5.47.